The minimum atomic E-state index is -3.85. The largest absolute Gasteiger partial charge is 0.478 e. The van der Waals surface area contributed by atoms with Crippen LogP contribution in [0.15, 0.2) is 53.4 Å². The predicted octanol–water partition coefficient (Wildman–Crippen LogP) is 3.70. The lowest BCUT2D eigenvalue weighted by atomic mass is 9.97. The van der Waals surface area contributed by atoms with Crippen LogP contribution in [0.5, 0.6) is 0 Å². The van der Waals surface area contributed by atoms with Gasteiger partial charge in [0.1, 0.15) is 0 Å². The molecule has 0 fully saturated rings. The second-order valence-corrected chi connectivity index (χ2v) is 7.02. The van der Waals surface area contributed by atoms with Gasteiger partial charge < -0.3 is 5.11 Å². The van der Waals surface area contributed by atoms with Gasteiger partial charge in [0.25, 0.3) is 10.0 Å². The summed E-state index contributed by atoms with van der Waals surface area (Å²) in [7, 11) is -3.85. The molecule has 0 aliphatic rings. The van der Waals surface area contributed by atoms with Gasteiger partial charge in [-0.05, 0) is 42.2 Å². The first-order valence-electron chi connectivity index (χ1n) is 7.30. The van der Waals surface area contributed by atoms with Gasteiger partial charge in [-0.15, -0.1) is 0 Å². The van der Waals surface area contributed by atoms with Crippen molar-refractivity contribution in [3.05, 3.63) is 59.7 Å². The van der Waals surface area contributed by atoms with Crippen molar-refractivity contribution in [1.29, 1.82) is 0 Å². The predicted molar refractivity (Wildman–Crippen MR) is 89.4 cm³/mol. The molecular weight excluding hydrogens is 314 g/mol. The summed E-state index contributed by atoms with van der Waals surface area (Å²) in [6, 6.07) is 12.5. The van der Waals surface area contributed by atoms with Gasteiger partial charge in [0, 0.05) is 0 Å². The Labute approximate surface area is 136 Å². The summed E-state index contributed by atoms with van der Waals surface area (Å²) in [4.78, 5) is 10.9. The Hall–Kier alpha value is -2.34. The maximum Gasteiger partial charge on any atom is 0.335 e. The van der Waals surface area contributed by atoms with Gasteiger partial charge in [-0.2, -0.15) is 0 Å². The fourth-order valence-electron chi connectivity index (χ4n) is 2.24. The Bertz CT molecular complexity index is 815. The minimum Gasteiger partial charge on any atom is -0.478 e. The van der Waals surface area contributed by atoms with Crippen LogP contribution < -0.4 is 4.72 Å². The van der Waals surface area contributed by atoms with Crippen molar-refractivity contribution < 1.29 is 18.3 Å². The van der Waals surface area contributed by atoms with Crippen molar-refractivity contribution in [2.24, 2.45) is 0 Å². The molecule has 0 saturated heterocycles. The monoisotopic (exact) mass is 333 g/mol. The number of anilines is 1. The van der Waals surface area contributed by atoms with Crippen LogP contribution in [0, 0.1) is 0 Å². The molecule has 0 radical (unpaired) electrons. The van der Waals surface area contributed by atoms with E-state index in [0.717, 1.165) is 18.1 Å². The molecule has 23 heavy (non-hydrogen) atoms. The normalized spacial score (nSPS) is 12.6. The number of para-hydroxylation sites is 1. The van der Waals surface area contributed by atoms with E-state index in [-0.39, 0.29) is 16.4 Å². The zero-order chi connectivity index (χ0) is 17.0. The van der Waals surface area contributed by atoms with Crippen LogP contribution in [0.4, 0.5) is 5.69 Å². The highest BCUT2D eigenvalue weighted by Gasteiger charge is 2.18. The van der Waals surface area contributed by atoms with Gasteiger partial charge in [0.2, 0.25) is 0 Å². The third-order valence-corrected chi connectivity index (χ3v) is 5.10. The molecule has 0 heterocycles. The van der Waals surface area contributed by atoms with Crippen LogP contribution >= 0.6 is 0 Å². The van der Waals surface area contributed by atoms with Crippen molar-refractivity contribution in [3.63, 3.8) is 0 Å². The van der Waals surface area contributed by atoms with E-state index in [1.54, 1.807) is 12.1 Å². The fourth-order valence-corrected chi connectivity index (χ4v) is 3.37. The zero-order valence-electron chi connectivity index (χ0n) is 13.0. The molecule has 6 heteroatoms. The topological polar surface area (TPSA) is 83.5 Å². The summed E-state index contributed by atoms with van der Waals surface area (Å²) in [5.74, 6) is -0.957. The molecule has 5 nitrogen and oxygen atoms in total. The Morgan fingerprint density at radius 3 is 2.52 bits per heavy atom. The van der Waals surface area contributed by atoms with Gasteiger partial charge >= 0.3 is 5.97 Å². The number of hydrogen-bond donors (Lipinski definition) is 2. The van der Waals surface area contributed by atoms with Gasteiger partial charge in [-0.3, -0.25) is 4.72 Å². The van der Waals surface area contributed by atoms with Crippen LogP contribution in [0.25, 0.3) is 0 Å². The van der Waals surface area contributed by atoms with Gasteiger partial charge in [-0.25, -0.2) is 13.2 Å². The number of carboxylic acids is 1. The minimum absolute atomic E-state index is 0.0666. The second kappa shape index (κ2) is 6.83. The Balaban J connectivity index is 2.40. The quantitative estimate of drug-likeness (QED) is 0.844. The summed E-state index contributed by atoms with van der Waals surface area (Å²) in [6.07, 6.45) is 0.882. The molecule has 0 aromatic heterocycles. The highest BCUT2D eigenvalue weighted by Crippen LogP contribution is 2.28. The second-order valence-electron chi connectivity index (χ2n) is 5.34. The number of hydrogen-bond acceptors (Lipinski definition) is 3. The lowest BCUT2D eigenvalue weighted by Gasteiger charge is -2.16. The van der Waals surface area contributed by atoms with E-state index in [1.807, 2.05) is 26.0 Å². The molecule has 2 aromatic carbocycles. The Morgan fingerprint density at radius 1 is 1.17 bits per heavy atom. The van der Waals surface area contributed by atoms with Crippen LogP contribution in [-0.2, 0) is 10.0 Å². The van der Waals surface area contributed by atoms with E-state index in [2.05, 4.69) is 4.72 Å². The molecule has 2 aromatic rings. The molecule has 122 valence electrons. The summed E-state index contributed by atoms with van der Waals surface area (Å²) in [5.41, 5.74) is 1.36. The SMILES string of the molecule is CCC(C)c1ccccc1NS(=O)(=O)c1cccc(C(=O)O)c1. The summed E-state index contributed by atoms with van der Waals surface area (Å²) >= 11 is 0. The third-order valence-electron chi connectivity index (χ3n) is 3.74. The number of benzene rings is 2. The molecule has 1 unspecified atom stereocenters. The molecule has 0 aliphatic heterocycles. The van der Waals surface area contributed by atoms with Crippen LogP contribution in [-0.4, -0.2) is 19.5 Å². The molecule has 0 aliphatic carbocycles. The maximum absolute atomic E-state index is 12.5. The Morgan fingerprint density at radius 2 is 1.87 bits per heavy atom. The van der Waals surface area contributed by atoms with Crippen molar-refractivity contribution in [2.45, 2.75) is 31.1 Å². The molecule has 0 spiro atoms. The average molecular weight is 333 g/mol. The zero-order valence-corrected chi connectivity index (χ0v) is 13.8. The van der Waals surface area contributed by atoms with Crippen molar-refractivity contribution >= 4 is 21.7 Å². The summed E-state index contributed by atoms with van der Waals surface area (Å²) in [5, 5.41) is 9.00. The Kier molecular flexibility index (Phi) is 5.05. The standard InChI is InChI=1S/C17H19NO4S/c1-3-12(2)15-9-4-5-10-16(15)18-23(21,22)14-8-6-7-13(11-14)17(19)20/h4-12,18H,3H2,1-2H3,(H,19,20). The third kappa shape index (κ3) is 3.90. The van der Waals surface area contributed by atoms with Crippen molar-refractivity contribution in [3.8, 4) is 0 Å². The fraction of sp³-hybridized carbons (Fsp3) is 0.235. The number of rotatable bonds is 6. The number of aromatic carboxylic acids is 1. The van der Waals surface area contributed by atoms with E-state index in [9.17, 15) is 13.2 Å². The first kappa shape index (κ1) is 17.0. The number of nitrogens with one attached hydrogen (secondary N) is 1. The van der Waals surface area contributed by atoms with Gasteiger partial charge in [0.05, 0.1) is 16.1 Å². The first-order chi connectivity index (χ1) is 10.8. The molecule has 0 bridgehead atoms. The molecule has 0 amide bonds. The molecule has 2 N–H and O–H groups in total. The number of carbonyl (C=O) groups is 1. The molecule has 0 saturated carbocycles. The smallest absolute Gasteiger partial charge is 0.335 e. The van der Waals surface area contributed by atoms with E-state index >= 15 is 0 Å². The lowest BCUT2D eigenvalue weighted by molar-refractivity contribution is 0.0696. The summed E-state index contributed by atoms with van der Waals surface area (Å²) < 4.78 is 27.6. The number of sulfonamides is 1. The van der Waals surface area contributed by atoms with E-state index < -0.39 is 16.0 Å². The molecular formula is C17H19NO4S. The van der Waals surface area contributed by atoms with Crippen molar-refractivity contribution in [2.75, 3.05) is 4.72 Å². The maximum atomic E-state index is 12.5. The summed E-state index contributed by atoms with van der Waals surface area (Å²) in [6.45, 7) is 4.06. The molecule has 2 rings (SSSR count). The van der Waals surface area contributed by atoms with Crippen LogP contribution in [0.3, 0.4) is 0 Å². The van der Waals surface area contributed by atoms with E-state index in [1.165, 1.54) is 18.2 Å². The highest BCUT2D eigenvalue weighted by molar-refractivity contribution is 7.92. The first-order valence-corrected chi connectivity index (χ1v) is 8.78. The van der Waals surface area contributed by atoms with E-state index in [0.29, 0.717) is 5.69 Å². The average Bonchev–Trinajstić information content (AvgIpc) is 2.54. The van der Waals surface area contributed by atoms with Crippen LogP contribution in [0.1, 0.15) is 42.1 Å². The van der Waals surface area contributed by atoms with E-state index in [4.69, 9.17) is 5.11 Å². The highest BCUT2D eigenvalue weighted by atomic mass is 32.2. The van der Waals surface area contributed by atoms with Crippen molar-refractivity contribution in [1.82, 2.24) is 0 Å². The van der Waals surface area contributed by atoms with Gasteiger partial charge in [-0.1, -0.05) is 38.1 Å². The lowest BCUT2D eigenvalue weighted by Crippen LogP contribution is -2.15. The number of carboxylic acid groups (broad SMARTS) is 1. The van der Waals surface area contributed by atoms with Gasteiger partial charge in [0.15, 0.2) is 0 Å². The molecule has 1 atom stereocenters. The van der Waals surface area contributed by atoms with Crippen LogP contribution in [0.2, 0.25) is 0 Å².